The number of furan rings is 1. The van der Waals surface area contributed by atoms with Gasteiger partial charge in [0.2, 0.25) is 0 Å². The minimum atomic E-state index is 0. The number of guanidine groups is 1. The number of aromatic nitrogens is 2. The fourth-order valence-electron chi connectivity index (χ4n) is 2.77. The summed E-state index contributed by atoms with van der Waals surface area (Å²) < 4.78 is 7.31. The monoisotopic (exact) mass is 505 g/mol. The Morgan fingerprint density at radius 1 is 1.14 bits per heavy atom. The van der Waals surface area contributed by atoms with Crippen LogP contribution in [0.15, 0.2) is 82.7 Å². The zero-order valence-corrected chi connectivity index (χ0v) is 19.0. The van der Waals surface area contributed by atoms with E-state index in [0.717, 1.165) is 36.8 Å². The van der Waals surface area contributed by atoms with Crippen LogP contribution in [0.3, 0.4) is 0 Å². The molecule has 0 saturated carbocycles. The fraction of sp³-hybridized carbons (Fsp3) is 0.273. The summed E-state index contributed by atoms with van der Waals surface area (Å²) in [6.45, 7) is 8.69. The van der Waals surface area contributed by atoms with Gasteiger partial charge < -0.3 is 15.1 Å². The minimum Gasteiger partial charge on any atom is -0.469 e. The van der Waals surface area contributed by atoms with Crippen LogP contribution in [0.5, 0.6) is 0 Å². The molecule has 0 fully saturated rings. The van der Waals surface area contributed by atoms with Gasteiger partial charge in [-0.2, -0.15) is 5.10 Å². The Morgan fingerprint density at radius 2 is 1.97 bits per heavy atom. The molecule has 6 nitrogen and oxygen atoms in total. The Hall–Kier alpha value is -2.55. The van der Waals surface area contributed by atoms with Crippen molar-refractivity contribution in [1.29, 1.82) is 0 Å². The molecule has 0 amide bonds. The molecule has 0 aliphatic carbocycles. The third-order valence-corrected chi connectivity index (χ3v) is 4.22. The van der Waals surface area contributed by atoms with Crippen LogP contribution >= 0.6 is 24.0 Å². The Bertz CT molecular complexity index is 888. The third kappa shape index (κ3) is 7.77. The number of aliphatic imine (C=N–C) groups is 1. The summed E-state index contributed by atoms with van der Waals surface area (Å²) in [6, 6.07) is 14.1. The van der Waals surface area contributed by atoms with Crippen molar-refractivity contribution in [2.45, 2.75) is 26.4 Å². The number of rotatable bonds is 9. The summed E-state index contributed by atoms with van der Waals surface area (Å²) >= 11 is 0. The van der Waals surface area contributed by atoms with Crippen molar-refractivity contribution in [3.63, 3.8) is 0 Å². The van der Waals surface area contributed by atoms with E-state index in [-0.39, 0.29) is 24.0 Å². The average Bonchev–Trinajstić information content (AvgIpc) is 3.38. The molecule has 0 unspecified atom stereocenters. The average molecular weight is 505 g/mol. The Balaban J connectivity index is 0.00000300. The first-order valence-corrected chi connectivity index (χ1v) is 9.44. The van der Waals surface area contributed by atoms with Crippen LogP contribution in [0.2, 0.25) is 0 Å². The predicted octanol–water partition coefficient (Wildman–Crippen LogP) is 4.00. The van der Waals surface area contributed by atoms with Crippen LogP contribution in [0.1, 0.15) is 23.8 Å². The summed E-state index contributed by atoms with van der Waals surface area (Å²) in [5.74, 6) is 1.72. The molecule has 1 aromatic carbocycles. The van der Waals surface area contributed by atoms with E-state index in [0.29, 0.717) is 13.1 Å². The van der Waals surface area contributed by atoms with Crippen molar-refractivity contribution in [3.8, 4) is 0 Å². The van der Waals surface area contributed by atoms with E-state index in [1.165, 1.54) is 11.1 Å². The quantitative estimate of drug-likeness (QED) is 0.200. The van der Waals surface area contributed by atoms with E-state index in [2.05, 4.69) is 34.4 Å². The van der Waals surface area contributed by atoms with Gasteiger partial charge in [-0.25, -0.2) is 4.99 Å². The molecule has 3 rings (SSSR count). The molecule has 0 bridgehead atoms. The van der Waals surface area contributed by atoms with Gasteiger partial charge in [0.25, 0.3) is 0 Å². The van der Waals surface area contributed by atoms with E-state index in [1.54, 1.807) is 12.5 Å². The van der Waals surface area contributed by atoms with E-state index in [9.17, 15) is 0 Å². The second kappa shape index (κ2) is 12.1. The van der Waals surface area contributed by atoms with Gasteiger partial charge in [-0.05, 0) is 36.2 Å². The smallest absolute Gasteiger partial charge is 0.191 e. The maximum atomic E-state index is 5.39. The van der Waals surface area contributed by atoms with Crippen molar-refractivity contribution >= 4 is 29.9 Å². The van der Waals surface area contributed by atoms with Crippen LogP contribution in [-0.2, 0) is 19.5 Å². The van der Waals surface area contributed by atoms with E-state index in [4.69, 9.17) is 9.41 Å². The minimum absolute atomic E-state index is 0. The van der Waals surface area contributed by atoms with Gasteiger partial charge in [0, 0.05) is 31.9 Å². The Labute approximate surface area is 189 Å². The highest BCUT2D eigenvalue weighted by Crippen LogP contribution is 2.11. The molecular formula is C22H28IN5O. The number of nitrogens with one attached hydrogen (secondary N) is 2. The summed E-state index contributed by atoms with van der Waals surface area (Å²) in [4.78, 5) is 4.77. The molecule has 0 aliphatic rings. The molecule has 2 N–H and O–H groups in total. The molecule has 0 saturated heterocycles. The highest BCUT2D eigenvalue weighted by Gasteiger charge is 2.05. The summed E-state index contributed by atoms with van der Waals surface area (Å²) in [6.07, 6.45) is 6.26. The van der Waals surface area contributed by atoms with Gasteiger partial charge in [0.1, 0.15) is 5.76 Å². The second-order valence-corrected chi connectivity index (χ2v) is 6.70. The molecule has 2 heterocycles. The van der Waals surface area contributed by atoms with Crippen LogP contribution in [0.4, 0.5) is 0 Å². The first-order chi connectivity index (χ1) is 13.7. The van der Waals surface area contributed by atoms with Gasteiger partial charge in [-0.1, -0.05) is 36.4 Å². The van der Waals surface area contributed by atoms with Crippen molar-refractivity contribution in [2.24, 2.45) is 4.99 Å². The molecule has 0 radical (unpaired) electrons. The van der Waals surface area contributed by atoms with Crippen molar-refractivity contribution < 1.29 is 4.42 Å². The highest BCUT2D eigenvalue weighted by atomic mass is 127. The van der Waals surface area contributed by atoms with Crippen molar-refractivity contribution in [2.75, 3.05) is 13.1 Å². The largest absolute Gasteiger partial charge is 0.469 e. The summed E-state index contributed by atoms with van der Waals surface area (Å²) in [5.41, 5.74) is 3.45. The van der Waals surface area contributed by atoms with Gasteiger partial charge in [-0.15, -0.1) is 24.0 Å². The normalized spacial score (nSPS) is 11.0. The van der Waals surface area contributed by atoms with Crippen LogP contribution in [-0.4, -0.2) is 28.8 Å². The number of hydrogen-bond acceptors (Lipinski definition) is 3. The lowest BCUT2D eigenvalue weighted by atomic mass is 10.1. The van der Waals surface area contributed by atoms with E-state index >= 15 is 0 Å². The molecular weight excluding hydrogens is 477 g/mol. The van der Waals surface area contributed by atoms with Gasteiger partial charge in [0.15, 0.2) is 5.96 Å². The van der Waals surface area contributed by atoms with E-state index in [1.807, 2.05) is 48.1 Å². The molecule has 0 atom stereocenters. The molecule has 29 heavy (non-hydrogen) atoms. The van der Waals surface area contributed by atoms with Crippen molar-refractivity contribution in [1.82, 2.24) is 20.4 Å². The summed E-state index contributed by atoms with van der Waals surface area (Å²) in [5, 5.41) is 11.0. The molecule has 154 valence electrons. The lowest BCUT2D eigenvalue weighted by Gasteiger charge is -2.13. The standard InChI is InChI=1S/C22H27N5O.HI/c1-18(2)15-24-22(23-12-10-21-9-5-14-28-21)25-16-19-7-3-4-8-20(19)17-27-13-6-11-26-27;/h3-9,11,13-14H,1,10,12,15-17H2,2H3,(H2,23,24,25);1H. The number of hydrogen-bond donors (Lipinski definition) is 2. The first kappa shape index (κ1) is 22.7. The van der Waals surface area contributed by atoms with Gasteiger partial charge in [0.05, 0.1) is 19.4 Å². The highest BCUT2D eigenvalue weighted by molar-refractivity contribution is 14.0. The fourth-order valence-corrected chi connectivity index (χ4v) is 2.77. The molecule has 7 heteroatoms. The predicted molar refractivity (Wildman–Crippen MR) is 128 cm³/mol. The maximum Gasteiger partial charge on any atom is 0.191 e. The molecule has 0 spiro atoms. The molecule has 3 aromatic rings. The number of benzene rings is 1. The van der Waals surface area contributed by atoms with Crippen LogP contribution < -0.4 is 10.6 Å². The third-order valence-electron chi connectivity index (χ3n) is 4.22. The Morgan fingerprint density at radius 3 is 2.66 bits per heavy atom. The van der Waals surface area contributed by atoms with Crippen molar-refractivity contribution in [3.05, 3.63) is 90.2 Å². The lowest BCUT2D eigenvalue weighted by molar-refractivity contribution is 0.507. The maximum absolute atomic E-state index is 5.39. The van der Waals surface area contributed by atoms with Crippen LogP contribution in [0.25, 0.3) is 0 Å². The van der Waals surface area contributed by atoms with Crippen LogP contribution in [0, 0.1) is 0 Å². The molecule has 2 aromatic heterocycles. The van der Waals surface area contributed by atoms with E-state index < -0.39 is 0 Å². The topological polar surface area (TPSA) is 67.4 Å². The zero-order valence-electron chi connectivity index (χ0n) is 16.7. The number of halogens is 1. The second-order valence-electron chi connectivity index (χ2n) is 6.70. The number of nitrogens with zero attached hydrogens (tertiary/aromatic N) is 3. The first-order valence-electron chi connectivity index (χ1n) is 9.44. The van der Waals surface area contributed by atoms with Gasteiger partial charge >= 0.3 is 0 Å². The molecule has 0 aliphatic heterocycles. The summed E-state index contributed by atoms with van der Waals surface area (Å²) in [7, 11) is 0. The Kier molecular flexibility index (Phi) is 9.49. The SMILES string of the molecule is C=C(C)CNC(=NCc1ccccc1Cn1cccn1)NCCc1ccco1.I. The lowest BCUT2D eigenvalue weighted by Crippen LogP contribution is -2.39. The van der Waals surface area contributed by atoms with Gasteiger partial charge in [-0.3, -0.25) is 4.68 Å². The zero-order chi connectivity index (χ0) is 19.6.